The number of aryl methyl sites for hydroxylation is 1. The van der Waals surface area contributed by atoms with Crippen LogP contribution >= 0.6 is 0 Å². The lowest BCUT2D eigenvalue weighted by Crippen LogP contribution is -2.26. The number of rotatable bonds is 8. The number of carbonyl (C=O) groups excluding carboxylic acids is 1. The summed E-state index contributed by atoms with van der Waals surface area (Å²) < 4.78 is 5.80. The Bertz CT molecular complexity index is 634. The molecule has 0 heterocycles. The van der Waals surface area contributed by atoms with Gasteiger partial charge in [-0.3, -0.25) is 4.79 Å². The first-order valence-electron chi connectivity index (χ1n) is 8.23. The second kappa shape index (κ2) is 9.08. The summed E-state index contributed by atoms with van der Waals surface area (Å²) in [5.41, 5.74) is 3.59. The van der Waals surface area contributed by atoms with Crippen molar-refractivity contribution >= 4 is 5.91 Å². The van der Waals surface area contributed by atoms with Crippen LogP contribution in [0.5, 0.6) is 5.75 Å². The highest BCUT2D eigenvalue weighted by molar-refractivity contribution is 5.75. The summed E-state index contributed by atoms with van der Waals surface area (Å²) in [6.07, 6.45) is 0.519. The molecule has 2 rings (SSSR count). The Morgan fingerprint density at radius 1 is 1.00 bits per heavy atom. The fraction of sp³-hybridized carbons (Fsp3) is 0.350. The summed E-state index contributed by atoms with van der Waals surface area (Å²) in [6, 6.07) is 16.4. The Labute approximate surface area is 144 Å². The molecule has 4 heteroatoms. The highest BCUT2D eigenvalue weighted by Crippen LogP contribution is 2.14. The Morgan fingerprint density at radius 2 is 1.62 bits per heavy atom. The van der Waals surface area contributed by atoms with Gasteiger partial charge in [-0.15, -0.1) is 0 Å². The number of nitrogens with zero attached hydrogens (tertiary/aromatic N) is 1. The Hall–Kier alpha value is -2.33. The van der Waals surface area contributed by atoms with Gasteiger partial charge in [-0.25, -0.2) is 0 Å². The van der Waals surface area contributed by atoms with Crippen LogP contribution in [-0.2, 0) is 17.9 Å². The van der Waals surface area contributed by atoms with Gasteiger partial charge in [0.05, 0.1) is 0 Å². The molecule has 0 aromatic heterocycles. The van der Waals surface area contributed by atoms with Crippen molar-refractivity contribution in [2.24, 2.45) is 0 Å². The van der Waals surface area contributed by atoms with Gasteiger partial charge >= 0.3 is 0 Å². The highest BCUT2D eigenvalue weighted by atomic mass is 16.5. The average Bonchev–Trinajstić information content (AvgIpc) is 2.59. The van der Waals surface area contributed by atoms with E-state index in [9.17, 15) is 4.79 Å². The molecule has 128 valence electrons. The van der Waals surface area contributed by atoms with Crippen molar-refractivity contribution in [3.8, 4) is 5.75 Å². The van der Waals surface area contributed by atoms with Gasteiger partial charge in [-0.05, 0) is 30.2 Å². The van der Waals surface area contributed by atoms with Gasteiger partial charge in [0, 0.05) is 33.6 Å². The van der Waals surface area contributed by atoms with Crippen LogP contribution in [0.3, 0.4) is 0 Å². The minimum Gasteiger partial charge on any atom is -0.489 e. The van der Waals surface area contributed by atoms with Crippen LogP contribution in [0.2, 0.25) is 0 Å². The number of hydrogen-bond acceptors (Lipinski definition) is 3. The monoisotopic (exact) mass is 326 g/mol. The normalized spacial score (nSPS) is 10.5. The van der Waals surface area contributed by atoms with E-state index in [0.717, 1.165) is 17.9 Å². The number of ether oxygens (including phenoxy) is 1. The average molecular weight is 326 g/mol. The molecule has 1 N–H and O–H groups in total. The minimum atomic E-state index is 0.141. The van der Waals surface area contributed by atoms with Crippen molar-refractivity contribution < 1.29 is 9.53 Å². The van der Waals surface area contributed by atoms with Crippen molar-refractivity contribution in [2.75, 3.05) is 20.6 Å². The first-order chi connectivity index (χ1) is 11.5. The number of amides is 1. The highest BCUT2D eigenvalue weighted by Gasteiger charge is 2.03. The lowest BCUT2D eigenvalue weighted by atomic mass is 10.2. The number of benzene rings is 2. The van der Waals surface area contributed by atoms with E-state index in [1.54, 1.807) is 19.0 Å². The third kappa shape index (κ3) is 6.05. The molecule has 0 saturated heterocycles. The van der Waals surface area contributed by atoms with Gasteiger partial charge < -0.3 is 15.0 Å². The summed E-state index contributed by atoms with van der Waals surface area (Å²) in [5, 5.41) is 3.28. The van der Waals surface area contributed by atoms with Crippen LogP contribution in [0.25, 0.3) is 0 Å². The summed E-state index contributed by atoms with van der Waals surface area (Å²) in [5.74, 6) is 1.00. The summed E-state index contributed by atoms with van der Waals surface area (Å²) >= 11 is 0. The van der Waals surface area contributed by atoms with Gasteiger partial charge in [-0.2, -0.15) is 0 Å². The van der Waals surface area contributed by atoms with Gasteiger partial charge in [0.15, 0.2) is 0 Å². The smallest absolute Gasteiger partial charge is 0.223 e. The van der Waals surface area contributed by atoms with E-state index in [0.29, 0.717) is 19.6 Å². The Kier molecular flexibility index (Phi) is 6.82. The maximum Gasteiger partial charge on any atom is 0.223 e. The van der Waals surface area contributed by atoms with Crippen molar-refractivity contribution in [1.82, 2.24) is 10.2 Å². The molecule has 4 nitrogen and oxygen atoms in total. The van der Waals surface area contributed by atoms with E-state index in [1.807, 2.05) is 24.3 Å². The van der Waals surface area contributed by atoms with Gasteiger partial charge in [0.2, 0.25) is 5.91 Å². The lowest BCUT2D eigenvalue weighted by Gasteiger charge is -2.11. The molecule has 0 radical (unpaired) electrons. The molecule has 0 aliphatic rings. The maximum atomic E-state index is 11.5. The third-order valence-electron chi connectivity index (χ3n) is 3.79. The number of nitrogens with one attached hydrogen (secondary N) is 1. The van der Waals surface area contributed by atoms with Crippen molar-refractivity contribution in [1.29, 1.82) is 0 Å². The van der Waals surface area contributed by atoms with Crippen LogP contribution in [0, 0.1) is 6.92 Å². The van der Waals surface area contributed by atoms with Gasteiger partial charge in [0.1, 0.15) is 12.4 Å². The molecule has 0 unspecified atom stereocenters. The first-order valence-corrected chi connectivity index (χ1v) is 8.23. The van der Waals surface area contributed by atoms with E-state index in [1.165, 1.54) is 11.1 Å². The summed E-state index contributed by atoms with van der Waals surface area (Å²) in [6.45, 7) is 4.08. The first kappa shape index (κ1) is 18.0. The summed E-state index contributed by atoms with van der Waals surface area (Å²) in [7, 11) is 3.55. The predicted molar refractivity (Wildman–Crippen MR) is 97.0 cm³/mol. The van der Waals surface area contributed by atoms with E-state index in [2.05, 4.69) is 36.5 Å². The summed E-state index contributed by atoms with van der Waals surface area (Å²) in [4.78, 5) is 13.1. The van der Waals surface area contributed by atoms with Gasteiger partial charge in [0.25, 0.3) is 0 Å². The van der Waals surface area contributed by atoms with Gasteiger partial charge in [-0.1, -0.05) is 42.0 Å². The van der Waals surface area contributed by atoms with E-state index in [-0.39, 0.29) is 5.91 Å². The molecule has 24 heavy (non-hydrogen) atoms. The largest absolute Gasteiger partial charge is 0.489 e. The SMILES string of the molecule is Cc1ccc(COc2ccc(CNCCC(=O)N(C)C)cc2)cc1. The Morgan fingerprint density at radius 3 is 2.25 bits per heavy atom. The molecule has 0 bridgehead atoms. The molecule has 2 aromatic rings. The van der Waals surface area contributed by atoms with Crippen LogP contribution in [0.1, 0.15) is 23.1 Å². The lowest BCUT2D eigenvalue weighted by molar-refractivity contribution is -0.128. The molecule has 0 aliphatic carbocycles. The number of carbonyl (C=O) groups is 1. The second-order valence-electron chi connectivity index (χ2n) is 6.13. The fourth-order valence-corrected chi connectivity index (χ4v) is 2.21. The molecule has 0 saturated carbocycles. The second-order valence-corrected chi connectivity index (χ2v) is 6.13. The molecular formula is C20H26N2O2. The molecule has 0 atom stereocenters. The minimum absolute atomic E-state index is 0.141. The molecule has 0 aliphatic heterocycles. The molecule has 0 spiro atoms. The van der Waals surface area contributed by atoms with E-state index >= 15 is 0 Å². The zero-order chi connectivity index (χ0) is 17.4. The van der Waals surface area contributed by atoms with Crippen LogP contribution in [-0.4, -0.2) is 31.4 Å². The van der Waals surface area contributed by atoms with Crippen LogP contribution < -0.4 is 10.1 Å². The zero-order valence-electron chi connectivity index (χ0n) is 14.7. The molecule has 1 amide bonds. The van der Waals surface area contributed by atoms with E-state index in [4.69, 9.17) is 4.74 Å². The third-order valence-corrected chi connectivity index (χ3v) is 3.79. The maximum absolute atomic E-state index is 11.5. The zero-order valence-corrected chi connectivity index (χ0v) is 14.7. The van der Waals surface area contributed by atoms with Crippen molar-refractivity contribution in [3.05, 3.63) is 65.2 Å². The number of hydrogen-bond donors (Lipinski definition) is 1. The molecule has 2 aromatic carbocycles. The quantitative estimate of drug-likeness (QED) is 0.758. The van der Waals surface area contributed by atoms with Crippen molar-refractivity contribution in [3.63, 3.8) is 0 Å². The van der Waals surface area contributed by atoms with E-state index < -0.39 is 0 Å². The molecular weight excluding hydrogens is 300 g/mol. The standard InChI is InChI=1S/C20H26N2O2/c1-16-4-6-18(7-5-16)15-24-19-10-8-17(9-11-19)14-21-13-12-20(23)22(2)3/h4-11,21H,12-15H2,1-3H3. The topological polar surface area (TPSA) is 41.6 Å². The molecule has 0 fully saturated rings. The van der Waals surface area contributed by atoms with Crippen LogP contribution in [0.4, 0.5) is 0 Å². The Balaban J connectivity index is 1.72. The van der Waals surface area contributed by atoms with Crippen molar-refractivity contribution in [2.45, 2.75) is 26.5 Å². The predicted octanol–water partition coefficient (Wildman–Crippen LogP) is 3.14. The fourth-order valence-electron chi connectivity index (χ4n) is 2.21. The van der Waals surface area contributed by atoms with Crippen LogP contribution in [0.15, 0.2) is 48.5 Å².